The van der Waals surface area contributed by atoms with Gasteiger partial charge < -0.3 is 0 Å². The Morgan fingerprint density at radius 1 is 0.462 bits per heavy atom. The van der Waals surface area contributed by atoms with E-state index in [4.69, 9.17) is 0 Å². The fraction of sp³-hybridized carbons (Fsp3) is 0.385. The van der Waals surface area contributed by atoms with Crippen molar-refractivity contribution in [2.45, 2.75) is 32.1 Å². The average molecular weight is 174 g/mol. The maximum absolute atomic E-state index is 2.30. The summed E-state index contributed by atoms with van der Waals surface area (Å²) in [6.07, 6.45) is 23.5. The Morgan fingerprint density at radius 2 is 1.00 bits per heavy atom. The van der Waals surface area contributed by atoms with Crippen LogP contribution in [0.15, 0.2) is 48.6 Å². The third kappa shape index (κ3) is 6.15. The Morgan fingerprint density at radius 3 is 1.85 bits per heavy atom. The first-order chi connectivity index (χ1) is 6.50. The van der Waals surface area contributed by atoms with Crippen molar-refractivity contribution < 1.29 is 0 Å². The zero-order valence-electron chi connectivity index (χ0n) is 8.15. The molecule has 0 heterocycles. The molecule has 0 nitrogen and oxygen atoms in total. The van der Waals surface area contributed by atoms with Crippen molar-refractivity contribution in [1.29, 1.82) is 0 Å². The van der Waals surface area contributed by atoms with Gasteiger partial charge in [-0.3, -0.25) is 0 Å². The van der Waals surface area contributed by atoms with Crippen LogP contribution in [0, 0.1) is 0 Å². The third-order valence-electron chi connectivity index (χ3n) is 2.01. The van der Waals surface area contributed by atoms with Gasteiger partial charge in [-0.1, -0.05) is 48.6 Å². The van der Waals surface area contributed by atoms with Crippen LogP contribution in [-0.4, -0.2) is 0 Å². The van der Waals surface area contributed by atoms with E-state index in [0.29, 0.717) is 0 Å². The predicted octanol–water partition coefficient (Wildman–Crippen LogP) is 4.18. The lowest BCUT2D eigenvalue weighted by Crippen LogP contribution is -1.69. The molecule has 70 valence electrons. The van der Waals surface area contributed by atoms with E-state index >= 15 is 0 Å². The van der Waals surface area contributed by atoms with Crippen LogP contribution in [0.4, 0.5) is 0 Å². The molecule has 1 rings (SSSR count). The lowest BCUT2D eigenvalue weighted by Gasteiger charge is -1.89. The number of hydrogen-bond donors (Lipinski definition) is 0. The van der Waals surface area contributed by atoms with Crippen molar-refractivity contribution in [2.75, 3.05) is 0 Å². The van der Waals surface area contributed by atoms with Crippen LogP contribution in [0.1, 0.15) is 32.1 Å². The quantitative estimate of drug-likeness (QED) is 0.483. The minimum Gasteiger partial charge on any atom is -0.0885 e. The second kappa shape index (κ2) is 7.60. The molecule has 0 bridgehead atoms. The molecular weight excluding hydrogens is 156 g/mol. The lowest BCUT2D eigenvalue weighted by molar-refractivity contribution is 0.863. The normalized spacial score (nSPS) is 26.5. The number of allylic oxidation sites excluding steroid dienone is 8. The fourth-order valence-electron chi connectivity index (χ4n) is 1.26. The summed E-state index contributed by atoms with van der Waals surface area (Å²) in [5, 5.41) is 0. The molecule has 0 spiro atoms. The summed E-state index contributed by atoms with van der Waals surface area (Å²) < 4.78 is 0. The molecule has 0 saturated carbocycles. The van der Waals surface area contributed by atoms with E-state index in [1.54, 1.807) is 0 Å². The molecule has 0 amide bonds. The summed E-state index contributed by atoms with van der Waals surface area (Å²) in [6.45, 7) is 0. The van der Waals surface area contributed by atoms with E-state index in [0.717, 1.165) is 6.42 Å². The summed E-state index contributed by atoms with van der Waals surface area (Å²) in [4.78, 5) is 0. The van der Waals surface area contributed by atoms with Gasteiger partial charge in [-0.05, 0) is 32.1 Å². The zero-order chi connectivity index (χ0) is 9.19. The van der Waals surface area contributed by atoms with Crippen molar-refractivity contribution >= 4 is 0 Å². The van der Waals surface area contributed by atoms with Crippen molar-refractivity contribution in [3.8, 4) is 0 Å². The molecule has 0 N–H and O–H groups in total. The lowest BCUT2D eigenvalue weighted by atomic mass is 10.2. The van der Waals surface area contributed by atoms with Gasteiger partial charge in [-0.25, -0.2) is 0 Å². The van der Waals surface area contributed by atoms with Crippen LogP contribution in [0.2, 0.25) is 0 Å². The molecule has 1 aliphatic carbocycles. The van der Waals surface area contributed by atoms with E-state index < -0.39 is 0 Å². The maximum Gasteiger partial charge on any atom is -0.0313 e. The molecule has 1 aliphatic rings. The summed E-state index contributed by atoms with van der Waals surface area (Å²) in [7, 11) is 0. The first kappa shape index (κ1) is 10.0. The van der Waals surface area contributed by atoms with Gasteiger partial charge in [0.1, 0.15) is 0 Å². The Labute approximate surface area is 81.4 Å². The van der Waals surface area contributed by atoms with E-state index in [2.05, 4.69) is 48.6 Å². The maximum atomic E-state index is 2.30. The van der Waals surface area contributed by atoms with Crippen LogP contribution in [0.25, 0.3) is 0 Å². The average Bonchev–Trinajstić information content (AvgIpc) is 2.18. The Hall–Kier alpha value is -1.04. The van der Waals surface area contributed by atoms with Gasteiger partial charge in [0.25, 0.3) is 0 Å². The Kier molecular flexibility index (Phi) is 5.87. The molecule has 13 heavy (non-hydrogen) atoms. The molecule has 0 aromatic carbocycles. The highest BCUT2D eigenvalue weighted by Crippen LogP contribution is 2.01. The molecule has 0 radical (unpaired) electrons. The second-order valence-corrected chi connectivity index (χ2v) is 3.22. The first-order valence-electron chi connectivity index (χ1n) is 5.13. The van der Waals surface area contributed by atoms with Gasteiger partial charge >= 0.3 is 0 Å². The summed E-state index contributed by atoms with van der Waals surface area (Å²) in [5.74, 6) is 0. The monoisotopic (exact) mass is 174 g/mol. The van der Waals surface area contributed by atoms with Gasteiger partial charge in [-0.15, -0.1) is 0 Å². The third-order valence-corrected chi connectivity index (χ3v) is 2.01. The van der Waals surface area contributed by atoms with Gasteiger partial charge in [0, 0.05) is 0 Å². The van der Waals surface area contributed by atoms with Crippen molar-refractivity contribution in [3.05, 3.63) is 48.6 Å². The number of rotatable bonds is 0. The van der Waals surface area contributed by atoms with E-state index in [9.17, 15) is 0 Å². The van der Waals surface area contributed by atoms with Crippen molar-refractivity contribution in [3.63, 3.8) is 0 Å². The van der Waals surface area contributed by atoms with E-state index in [-0.39, 0.29) is 0 Å². The predicted molar refractivity (Wildman–Crippen MR) is 59.6 cm³/mol. The van der Waals surface area contributed by atoms with Crippen LogP contribution in [0.5, 0.6) is 0 Å². The van der Waals surface area contributed by atoms with Gasteiger partial charge in [0.05, 0.1) is 0 Å². The summed E-state index contributed by atoms with van der Waals surface area (Å²) in [5.41, 5.74) is 0. The molecule has 0 atom stereocenters. The van der Waals surface area contributed by atoms with E-state index in [1.165, 1.54) is 25.7 Å². The minimum absolute atomic E-state index is 1.16. The minimum atomic E-state index is 1.16. The Balaban J connectivity index is 2.38. The highest BCUT2D eigenvalue weighted by molar-refractivity contribution is 5.11. The standard InChI is InChI=1S/C13H18/c1-2-4-6-8-10-12-13-11-9-7-5-3-1/h1-6,11,13H,7-10,12H2/b2-1+,5-3-,6-4-,13-11?. The van der Waals surface area contributed by atoms with Crippen molar-refractivity contribution in [2.24, 2.45) is 0 Å². The number of hydrogen-bond acceptors (Lipinski definition) is 0. The smallest absolute Gasteiger partial charge is 0.0313 e. The van der Waals surface area contributed by atoms with Gasteiger partial charge in [0.15, 0.2) is 0 Å². The van der Waals surface area contributed by atoms with E-state index in [1.807, 2.05) is 0 Å². The first-order valence-corrected chi connectivity index (χ1v) is 5.13. The van der Waals surface area contributed by atoms with Gasteiger partial charge in [-0.2, -0.15) is 0 Å². The molecule has 0 unspecified atom stereocenters. The van der Waals surface area contributed by atoms with Crippen LogP contribution in [0.3, 0.4) is 0 Å². The molecule has 0 aliphatic heterocycles. The SMILES string of the molecule is C1=CCCC\C=C/C=C/C=C\CC1. The van der Waals surface area contributed by atoms with Crippen LogP contribution in [-0.2, 0) is 0 Å². The molecule has 0 saturated heterocycles. The molecule has 0 aromatic heterocycles. The molecule has 0 fully saturated rings. The molecular formula is C13H18. The van der Waals surface area contributed by atoms with Crippen LogP contribution < -0.4 is 0 Å². The second-order valence-electron chi connectivity index (χ2n) is 3.22. The fourth-order valence-corrected chi connectivity index (χ4v) is 1.26. The highest BCUT2D eigenvalue weighted by Gasteiger charge is 1.81. The molecule has 0 aromatic rings. The summed E-state index contributed by atoms with van der Waals surface area (Å²) >= 11 is 0. The summed E-state index contributed by atoms with van der Waals surface area (Å²) in [6, 6.07) is 0. The van der Waals surface area contributed by atoms with Crippen molar-refractivity contribution in [1.82, 2.24) is 0 Å². The van der Waals surface area contributed by atoms with Gasteiger partial charge in [0.2, 0.25) is 0 Å². The largest absolute Gasteiger partial charge is 0.0885 e. The Bertz CT molecular complexity index is 216. The van der Waals surface area contributed by atoms with Crippen LogP contribution >= 0.6 is 0 Å². The topological polar surface area (TPSA) is 0 Å². The zero-order valence-corrected chi connectivity index (χ0v) is 8.15. The highest BCUT2D eigenvalue weighted by atomic mass is 13.9. The molecule has 0 heteroatoms.